The molecule has 1 aromatic rings. The van der Waals surface area contributed by atoms with Crippen LogP contribution in [0.5, 0.6) is 0 Å². The number of ether oxygens (including phenoxy) is 2. The van der Waals surface area contributed by atoms with E-state index < -0.39 is 12.1 Å². The normalized spacial score (nSPS) is 24.6. The van der Waals surface area contributed by atoms with Crippen LogP contribution in [0.1, 0.15) is 11.7 Å². The van der Waals surface area contributed by atoms with Crippen LogP contribution in [0.4, 0.5) is 0 Å². The highest BCUT2D eigenvalue weighted by molar-refractivity contribution is 5.90. The maximum Gasteiger partial charge on any atom is 0.335 e. The zero-order valence-electron chi connectivity index (χ0n) is 11.1. The van der Waals surface area contributed by atoms with Gasteiger partial charge in [0, 0.05) is 0 Å². The Bertz CT molecular complexity index is 577. The SMILES string of the molecule is COC(=O)[C@H]1N=C(C2C=CC=C2)O[C@@H]1c1ccccc1. The molecule has 102 valence electrons. The third-order valence-corrected chi connectivity index (χ3v) is 3.40. The molecule has 0 amide bonds. The van der Waals surface area contributed by atoms with Crippen LogP contribution in [-0.4, -0.2) is 25.0 Å². The minimum absolute atomic E-state index is 0.0101. The number of hydrogen-bond acceptors (Lipinski definition) is 4. The largest absolute Gasteiger partial charge is 0.469 e. The first kappa shape index (κ1) is 12.7. The fraction of sp³-hybridized carbons (Fsp3) is 0.250. The van der Waals surface area contributed by atoms with Crippen LogP contribution in [0.15, 0.2) is 59.6 Å². The van der Waals surface area contributed by atoms with Crippen molar-refractivity contribution in [2.75, 3.05) is 7.11 Å². The fourth-order valence-electron chi connectivity index (χ4n) is 2.38. The van der Waals surface area contributed by atoms with Crippen molar-refractivity contribution in [3.8, 4) is 0 Å². The van der Waals surface area contributed by atoms with Crippen molar-refractivity contribution in [2.45, 2.75) is 12.1 Å². The van der Waals surface area contributed by atoms with Gasteiger partial charge in [-0.15, -0.1) is 0 Å². The molecule has 0 bridgehead atoms. The number of carbonyl (C=O) groups excluding carboxylic acids is 1. The number of aliphatic imine (C=N–C) groups is 1. The summed E-state index contributed by atoms with van der Waals surface area (Å²) in [5, 5.41) is 0. The van der Waals surface area contributed by atoms with Gasteiger partial charge in [0.15, 0.2) is 18.0 Å². The second-order valence-electron chi connectivity index (χ2n) is 4.68. The van der Waals surface area contributed by atoms with Gasteiger partial charge in [0.05, 0.1) is 13.0 Å². The van der Waals surface area contributed by atoms with E-state index in [0.29, 0.717) is 5.90 Å². The third-order valence-electron chi connectivity index (χ3n) is 3.40. The van der Waals surface area contributed by atoms with Gasteiger partial charge >= 0.3 is 5.97 Å². The molecule has 1 aliphatic heterocycles. The lowest BCUT2D eigenvalue weighted by Gasteiger charge is -2.17. The van der Waals surface area contributed by atoms with Crippen LogP contribution in [0.25, 0.3) is 0 Å². The van der Waals surface area contributed by atoms with E-state index in [1.165, 1.54) is 7.11 Å². The summed E-state index contributed by atoms with van der Waals surface area (Å²) >= 11 is 0. The second-order valence-corrected chi connectivity index (χ2v) is 4.68. The summed E-state index contributed by atoms with van der Waals surface area (Å²) in [6.07, 6.45) is 7.45. The molecule has 1 aliphatic carbocycles. The summed E-state index contributed by atoms with van der Waals surface area (Å²) in [7, 11) is 1.37. The molecule has 1 aromatic carbocycles. The number of benzene rings is 1. The van der Waals surface area contributed by atoms with Crippen molar-refractivity contribution in [1.82, 2.24) is 0 Å². The van der Waals surface area contributed by atoms with Crippen molar-refractivity contribution in [3.63, 3.8) is 0 Å². The van der Waals surface area contributed by atoms with E-state index in [1.807, 2.05) is 54.6 Å². The molecule has 3 rings (SSSR count). The molecular formula is C16H15NO3. The van der Waals surface area contributed by atoms with Crippen LogP contribution in [0.2, 0.25) is 0 Å². The van der Waals surface area contributed by atoms with E-state index in [0.717, 1.165) is 5.56 Å². The monoisotopic (exact) mass is 269 g/mol. The molecule has 0 saturated heterocycles. The maximum atomic E-state index is 11.9. The van der Waals surface area contributed by atoms with Crippen LogP contribution in [0, 0.1) is 5.92 Å². The van der Waals surface area contributed by atoms with Crippen molar-refractivity contribution < 1.29 is 14.3 Å². The van der Waals surface area contributed by atoms with E-state index in [4.69, 9.17) is 9.47 Å². The van der Waals surface area contributed by atoms with Gasteiger partial charge in [0.2, 0.25) is 0 Å². The third kappa shape index (κ3) is 2.25. The zero-order chi connectivity index (χ0) is 13.9. The van der Waals surface area contributed by atoms with Crippen molar-refractivity contribution >= 4 is 11.9 Å². The first-order valence-corrected chi connectivity index (χ1v) is 6.51. The lowest BCUT2D eigenvalue weighted by atomic mass is 10.0. The van der Waals surface area contributed by atoms with Crippen molar-refractivity contribution in [2.24, 2.45) is 10.9 Å². The van der Waals surface area contributed by atoms with Crippen LogP contribution in [0.3, 0.4) is 0 Å². The lowest BCUT2D eigenvalue weighted by molar-refractivity contribution is -0.143. The summed E-state index contributed by atoms with van der Waals surface area (Å²) in [4.78, 5) is 16.3. The summed E-state index contributed by atoms with van der Waals surface area (Å²) < 4.78 is 10.7. The van der Waals surface area contributed by atoms with E-state index in [-0.39, 0.29) is 11.9 Å². The van der Waals surface area contributed by atoms with Gasteiger partial charge in [-0.25, -0.2) is 9.79 Å². The summed E-state index contributed by atoms with van der Waals surface area (Å²) in [6.45, 7) is 0. The number of esters is 1. The summed E-state index contributed by atoms with van der Waals surface area (Å²) in [5.41, 5.74) is 0.924. The molecule has 4 heteroatoms. The average molecular weight is 269 g/mol. The van der Waals surface area contributed by atoms with Crippen molar-refractivity contribution in [3.05, 3.63) is 60.2 Å². The van der Waals surface area contributed by atoms with E-state index in [2.05, 4.69) is 4.99 Å². The van der Waals surface area contributed by atoms with Gasteiger partial charge in [0.1, 0.15) is 0 Å². The number of rotatable bonds is 3. The lowest BCUT2D eigenvalue weighted by Crippen LogP contribution is -2.25. The van der Waals surface area contributed by atoms with E-state index in [1.54, 1.807) is 0 Å². The number of methoxy groups -OCH3 is 1. The Morgan fingerprint density at radius 1 is 1.20 bits per heavy atom. The number of nitrogens with zero attached hydrogens (tertiary/aromatic N) is 1. The number of hydrogen-bond donors (Lipinski definition) is 0. The molecule has 0 saturated carbocycles. The minimum atomic E-state index is -0.639. The Labute approximate surface area is 117 Å². The standard InChI is InChI=1S/C16H15NO3/c1-19-16(18)13-14(11-7-3-2-4-8-11)20-15(17-13)12-9-5-6-10-12/h2-10,12-14H,1H3/t13-,14+/m0/s1. The molecule has 0 aromatic heterocycles. The molecule has 2 atom stereocenters. The van der Waals surface area contributed by atoms with Crippen LogP contribution >= 0.6 is 0 Å². The van der Waals surface area contributed by atoms with E-state index in [9.17, 15) is 4.79 Å². The summed E-state index contributed by atoms with van der Waals surface area (Å²) in [6, 6.07) is 8.98. The van der Waals surface area contributed by atoms with Gasteiger partial charge in [-0.2, -0.15) is 0 Å². The highest BCUT2D eigenvalue weighted by Crippen LogP contribution is 2.33. The van der Waals surface area contributed by atoms with Gasteiger partial charge in [-0.3, -0.25) is 0 Å². The zero-order valence-corrected chi connectivity index (χ0v) is 11.1. The Kier molecular flexibility index (Phi) is 3.37. The highest BCUT2D eigenvalue weighted by atomic mass is 16.5. The molecule has 20 heavy (non-hydrogen) atoms. The molecule has 2 aliphatic rings. The minimum Gasteiger partial charge on any atom is -0.469 e. The number of allylic oxidation sites excluding steroid dienone is 2. The highest BCUT2D eigenvalue weighted by Gasteiger charge is 2.39. The van der Waals surface area contributed by atoms with Gasteiger partial charge in [0.25, 0.3) is 0 Å². The fourth-order valence-corrected chi connectivity index (χ4v) is 2.38. The topological polar surface area (TPSA) is 47.9 Å². The molecule has 0 unspecified atom stereocenters. The molecule has 0 spiro atoms. The maximum absolute atomic E-state index is 11.9. The molecule has 1 heterocycles. The first-order chi connectivity index (χ1) is 9.79. The van der Waals surface area contributed by atoms with Gasteiger partial charge in [-0.1, -0.05) is 54.6 Å². The quantitative estimate of drug-likeness (QED) is 0.792. The Balaban J connectivity index is 1.89. The Morgan fingerprint density at radius 2 is 1.90 bits per heavy atom. The Morgan fingerprint density at radius 3 is 2.55 bits per heavy atom. The number of carbonyl (C=O) groups is 1. The first-order valence-electron chi connectivity index (χ1n) is 6.51. The van der Waals surface area contributed by atoms with Crippen molar-refractivity contribution in [1.29, 1.82) is 0 Å². The molecule has 0 radical (unpaired) electrons. The predicted octanol–water partition coefficient (Wildman–Crippen LogP) is 2.44. The van der Waals surface area contributed by atoms with Crippen LogP contribution in [-0.2, 0) is 14.3 Å². The molecule has 0 fully saturated rings. The van der Waals surface area contributed by atoms with Crippen LogP contribution < -0.4 is 0 Å². The Hall–Kier alpha value is -2.36. The summed E-state index contributed by atoms with van der Waals surface area (Å²) in [5.74, 6) is 0.204. The molecular weight excluding hydrogens is 254 g/mol. The predicted molar refractivity (Wildman–Crippen MR) is 75.3 cm³/mol. The molecule has 0 N–H and O–H groups in total. The van der Waals surface area contributed by atoms with Gasteiger partial charge < -0.3 is 9.47 Å². The second kappa shape index (κ2) is 5.33. The van der Waals surface area contributed by atoms with Gasteiger partial charge in [-0.05, 0) is 5.56 Å². The van der Waals surface area contributed by atoms with E-state index >= 15 is 0 Å². The molecule has 4 nitrogen and oxygen atoms in total. The smallest absolute Gasteiger partial charge is 0.335 e. The average Bonchev–Trinajstić information content (AvgIpc) is 3.16.